The van der Waals surface area contributed by atoms with Gasteiger partial charge in [-0.1, -0.05) is 12.1 Å². The number of nitrogens with two attached hydrogens (primary N) is 1. The Morgan fingerprint density at radius 2 is 1.79 bits per heavy atom. The molecule has 0 atom stereocenters. The van der Waals surface area contributed by atoms with Gasteiger partial charge in [-0.05, 0) is 46.3 Å². The smallest absolute Gasteiger partial charge is 0.190 e. The predicted molar refractivity (Wildman–Crippen MR) is 93.8 cm³/mol. The van der Waals surface area contributed by atoms with E-state index in [0.717, 1.165) is 16.8 Å². The van der Waals surface area contributed by atoms with Crippen LogP contribution in [-0.4, -0.2) is 30.3 Å². The summed E-state index contributed by atoms with van der Waals surface area (Å²) in [5.41, 5.74) is 6.83. The zero-order valence-corrected chi connectivity index (χ0v) is 14.0. The van der Waals surface area contributed by atoms with Crippen LogP contribution >= 0.6 is 0 Å². The van der Waals surface area contributed by atoms with Crippen molar-refractivity contribution in [3.8, 4) is 34.0 Å². The van der Waals surface area contributed by atoms with E-state index in [0.29, 0.717) is 11.1 Å². The van der Waals surface area contributed by atoms with Gasteiger partial charge >= 0.3 is 0 Å². The number of nitrogens with zero attached hydrogens (tertiary/aromatic N) is 5. The number of pyridine rings is 1. The molecule has 0 fully saturated rings. The Balaban J connectivity index is 1.86. The first-order chi connectivity index (χ1) is 13.5. The number of aromatic hydroxyl groups is 1. The SMILES string of the molecule is Nc1ncc(-c2ccc(O)c(F)c2)cc1-c1nnnn1-c1cccc(F)c1F. The average molecular weight is 384 g/mol. The molecule has 0 saturated heterocycles. The van der Waals surface area contributed by atoms with Crippen molar-refractivity contribution in [2.45, 2.75) is 0 Å². The molecule has 140 valence electrons. The van der Waals surface area contributed by atoms with Gasteiger partial charge < -0.3 is 10.8 Å². The third-order valence-electron chi connectivity index (χ3n) is 4.07. The minimum absolute atomic E-state index is 0.0237. The Morgan fingerprint density at radius 1 is 0.964 bits per heavy atom. The first kappa shape index (κ1) is 17.5. The van der Waals surface area contributed by atoms with E-state index in [2.05, 4.69) is 20.5 Å². The van der Waals surface area contributed by atoms with Crippen LogP contribution in [0.4, 0.5) is 19.0 Å². The van der Waals surface area contributed by atoms with Crippen LogP contribution in [0.3, 0.4) is 0 Å². The maximum atomic E-state index is 14.2. The third kappa shape index (κ3) is 2.90. The highest BCUT2D eigenvalue weighted by Gasteiger charge is 2.19. The van der Waals surface area contributed by atoms with Crippen LogP contribution in [0.25, 0.3) is 28.2 Å². The van der Waals surface area contributed by atoms with Crippen LogP contribution in [0, 0.1) is 17.5 Å². The van der Waals surface area contributed by atoms with E-state index in [1.54, 1.807) is 0 Å². The Labute approximate surface area is 155 Å². The van der Waals surface area contributed by atoms with Gasteiger partial charge in [-0.25, -0.2) is 18.2 Å². The predicted octanol–water partition coefficient (Wildman–Crippen LogP) is 3.10. The normalized spacial score (nSPS) is 11.0. The van der Waals surface area contributed by atoms with Gasteiger partial charge in [0, 0.05) is 11.8 Å². The van der Waals surface area contributed by atoms with Crippen molar-refractivity contribution in [1.82, 2.24) is 25.2 Å². The lowest BCUT2D eigenvalue weighted by Gasteiger charge is -2.10. The number of anilines is 1. The summed E-state index contributed by atoms with van der Waals surface area (Å²) >= 11 is 0. The van der Waals surface area contributed by atoms with Crippen LogP contribution < -0.4 is 5.73 Å². The maximum absolute atomic E-state index is 14.2. The molecule has 10 heteroatoms. The zero-order chi connectivity index (χ0) is 19.8. The number of aromatic nitrogens is 5. The van der Waals surface area contributed by atoms with Crippen molar-refractivity contribution in [3.63, 3.8) is 0 Å². The average Bonchev–Trinajstić information content (AvgIpc) is 3.16. The summed E-state index contributed by atoms with van der Waals surface area (Å²) in [6, 6.07) is 8.95. The second-order valence-electron chi connectivity index (χ2n) is 5.81. The number of hydrogen-bond acceptors (Lipinski definition) is 6. The zero-order valence-electron chi connectivity index (χ0n) is 14.0. The quantitative estimate of drug-likeness (QED) is 0.563. The van der Waals surface area contributed by atoms with Crippen LogP contribution in [0.5, 0.6) is 5.75 Å². The fourth-order valence-corrected chi connectivity index (χ4v) is 2.67. The standard InChI is InChI=1S/C18H11F3N6O/c19-12-2-1-3-14(16(12)21)27-18(24-25-26-27)11-6-10(8-23-17(11)22)9-4-5-15(28)13(20)7-9/h1-8,28H,(H2,22,23). The number of phenols is 1. The maximum Gasteiger partial charge on any atom is 0.190 e. The van der Waals surface area contributed by atoms with Gasteiger partial charge in [-0.2, -0.15) is 4.68 Å². The number of phenolic OH excluding ortho intramolecular Hbond substituents is 1. The van der Waals surface area contributed by atoms with E-state index in [1.165, 1.54) is 36.5 Å². The molecule has 2 aromatic heterocycles. The molecule has 0 aliphatic carbocycles. The highest BCUT2D eigenvalue weighted by molar-refractivity contribution is 5.76. The second kappa shape index (κ2) is 6.65. The summed E-state index contributed by atoms with van der Waals surface area (Å²) in [6.07, 6.45) is 1.40. The van der Waals surface area contributed by atoms with Crippen molar-refractivity contribution >= 4 is 5.82 Å². The van der Waals surface area contributed by atoms with E-state index in [-0.39, 0.29) is 22.9 Å². The summed E-state index contributed by atoms with van der Waals surface area (Å²) in [4.78, 5) is 4.05. The fraction of sp³-hybridized carbons (Fsp3) is 0. The summed E-state index contributed by atoms with van der Waals surface area (Å²) in [6.45, 7) is 0. The van der Waals surface area contributed by atoms with E-state index in [4.69, 9.17) is 5.73 Å². The molecule has 7 nitrogen and oxygen atoms in total. The molecule has 0 saturated carbocycles. The van der Waals surface area contributed by atoms with E-state index < -0.39 is 23.2 Å². The molecule has 0 bridgehead atoms. The molecule has 4 aromatic rings. The Morgan fingerprint density at radius 3 is 2.57 bits per heavy atom. The Kier molecular flexibility index (Phi) is 4.15. The molecule has 2 heterocycles. The Bertz CT molecular complexity index is 1190. The molecule has 28 heavy (non-hydrogen) atoms. The number of halogens is 3. The molecule has 0 aliphatic rings. The minimum atomic E-state index is -1.13. The van der Waals surface area contributed by atoms with Crippen LogP contribution in [-0.2, 0) is 0 Å². The lowest BCUT2D eigenvalue weighted by Crippen LogP contribution is -2.06. The highest BCUT2D eigenvalue weighted by atomic mass is 19.2. The van der Waals surface area contributed by atoms with Gasteiger partial charge in [0.1, 0.15) is 11.5 Å². The van der Waals surface area contributed by atoms with E-state index in [1.807, 2.05) is 0 Å². The van der Waals surface area contributed by atoms with Gasteiger partial charge in [0.2, 0.25) is 0 Å². The molecule has 2 aromatic carbocycles. The number of rotatable bonds is 3. The lowest BCUT2D eigenvalue weighted by atomic mass is 10.0. The molecule has 3 N–H and O–H groups in total. The summed E-state index contributed by atoms with van der Waals surface area (Å²) in [5, 5.41) is 20.4. The highest BCUT2D eigenvalue weighted by Crippen LogP contribution is 2.31. The fourth-order valence-electron chi connectivity index (χ4n) is 2.67. The number of benzene rings is 2. The van der Waals surface area contributed by atoms with Crippen molar-refractivity contribution < 1.29 is 18.3 Å². The minimum Gasteiger partial charge on any atom is -0.505 e. The second-order valence-corrected chi connectivity index (χ2v) is 5.81. The molecule has 0 aliphatic heterocycles. The molecule has 0 spiro atoms. The van der Waals surface area contributed by atoms with Crippen molar-refractivity contribution in [3.05, 3.63) is 66.1 Å². The molecule has 0 amide bonds. The lowest BCUT2D eigenvalue weighted by molar-refractivity contribution is 0.432. The Hall–Kier alpha value is -3.95. The monoisotopic (exact) mass is 384 g/mol. The molecular formula is C18H11F3N6O. The molecule has 0 radical (unpaired) electrons. The molecule has 0 unspecified atom stereocenters. The van der Waals surface area contributed by atoms with Gasteiger partial charge in [0.05, 0.1) is 5.56 Å². The van der Waals surface area contributed by atoms with Gasteiger partial charge in [0.25, 0.3) is 0 Å². The summed E-state index contributed by atoms with van der Waals surface area (Å²) < 4.78 is 42.4. The van der Waals surface area contributed by atoms with E-state index >= 15 is 0 Å². The first-order valence-corrected chi connectivity index (χ1v) is 7.93. The van der Waals surface area contributed by atoms with Gasteiger partial charge in [-0.15, -0.1) is 5.10 Å². The summed E-state index contributed by atoms with van der Waals surface area (Å²) in [7, 11) is 0. The van der Waals surface area contributed by atoms with Crippen LogP contribution in [0.15, 0.2) is 48.7 Å². The molecular weight excluding hydrogens is 373 g/mol. The van der Waals surface area contributed by atoms with E-state index in [9.17, 15) is 18.3 Å². The molecule has 4 rings (SSSR count). The number of tetrazole rings is 1. The first-order valence-electron chi connectivity index (χ1n) is 7.93. The van der Waals surface area contributed by atoms with Gasteiger partial charge in [0.15, 0.2) is 29.0 Å². The van der Waals surface area contributed by atoms with Crippen molar-refractivity contribution in [2.24, 2.45) is 0 Å². The van der Waals surface area contributed by atoms with Crippen molar-refractivity contribution in [1.29, 1.82) is 0 Å². The number of nitrogen functional groups attached to an aromatic ring is 1. The van der Waals surface area contributed by atoms with Gasteiger partial charge in [-0.3, -0.25) is 0 Å². The van der Waals surface area contributed by atoms with Crippen LogP contribution in [0.2, 0.25) is 0 Å². The number of hydrogen-bond donors (Lipinski definition) is 2. The topological polar surface area (TPSA) is 103 Å². The van der Waals surface area contributed by atoms with Crippen molar-refractivity contribution in [2.75, 3.05) is 5.73 Å². The largest absolute Gasteiger partial charge is 0.505 e. The third-order valence-corrected chi connectivity index (χ3v) is 4.07. The summed E-state index contributed by atoms with van der Waals surface area (Å²) in [5.74, 6) is -3.41. The van der Waals surface area contributed by atoms with Crippen LogP contribution in [0.1, 0.15) is 0 Å².